The van der Waals surface area contributed by atoms with E-state index in [0.29, 0.717) is 0 Å². The zero-order valence-corrected chi connectivity index (χ0v) is 20.7. The average molecular weight is 543 g/mol. The van der Waals surface area contributed by atoms with Crippen molar-refractivity contribution >= 4 is 23.6 Å². The zero-order chi connectivity index (χ0) is 27.3. The number of fused-ring (bicyclic) bond motifs is 2. The highest BCUT2D eigenvalue weighted by molar-refractivity contribution is 6.07. The van der Waals surface area contributed by atoms with Crippen LogP contribution < -0.4 is 14.5 Å². The SMILES string of the molecule is O=C(O)Cc1nnc(N(C2CC2)[C@H]2c3ccccc3N(C(=O)c3ccc(OC(F)(F)F)cc3)[C@@H]3CCC[C@@H]32)o1. The van der Waals surface area contributed by atoms with E-state index in [2.05, 4.69) is 19.8 Å². The van der Waals surface area contributed by atoms with E-state index < -0.39 is 12.3 Å². The van der Waals surface area contributed by atoms with E-state index in [0.717, 1.165) is 55.5 Å². The van der Waals surface area contributed by atoms with Crippen molar-refractivity contribution < 1.29 is 37.0 Å². The molecule has 2 fully saturated rings. The van der Waals surface area contributed by atoms with Gasteiger partial charge in [0.2, 0.25) is 5.89 Å². The van der Waals surface area contributed by atoms with Gasteiger partial charge in [-0.25, -0.2) is 0 Å². The first-order chi connectivity index (χ1) is 18.7. The smallest absolute Gasteiger partial charge is 0.481 e. The molecule has 0 radical (unpaired) electrons. The van der Waals surface area contributed by atoms with E-state index in [4.69, 9.17) is 9.52 Å². The topological polar surface area (TPSA) is 109 Å². The number of anilines is 2. The molecule has 3 aliphatic rings. The summed E-state index contributed by atoms with van der Waals surface area (Å²) >= 11 is 0. The fraction of sp³-hybridized carbons (Fsp3) is 0.407. The predicted molar refractivity (Wildman–Crippen MR) is 131 cm³/mol. The third-order valence-electron chi connectivity index (χ3n) is 7.56. The van der Waals surface area contributed by atoms with Crippen molar-refractivity contribution in [2.24, 2.45) is 5.92 Å². The van der Waals surface area contributed by atoms with Crippen LogP contribution in [0.25, 0.3) is 0 Å². The molecule has 0 saturated heterocycles. The van der Waals surface area contributed by atoms with Crippen molar-refractivity contribution in [2.45, 2.75) is 63.0 Å². The summed E-state index contributed by atoms with van der Waals surface area (Å²) in [5.74, 6) is -1.68. The molecule has 2 aromatic carbocycles. The summed E-state index contributed by atoms with van der Waals surface area (Å²) in [5, 5.41) is 17.3. The number of ether oxygens (including phenoxy) is 1. The highest BCUT2D eigenvalue weighted by Gasteiger charge is 2.51. The van der Waals surface area contributed by atoms with Crippen LogP contribution in [-0.2, 0) is 11.2 Å². The molecule has 6 rings (SSSR count). The Morgan fingerprint density at radius 2 is 1.79 bits per heavy atom. The van der Waals surface area contributed by atoms with Gasteiger partial charge in [-0.15, -0.1) is 18.3 Å². The molecule has 9 nitrogen and oxygen atoms in total. The van der Waals surface area contributed by atoms with Crippen LogP contribution in [0.3, 0.4) is 0 Å². The van der Waals surface area contributed by atoms with E-state index in [1.54, 1.807) is 4.90 Å². The van der Waals surface area contributed by atoms with Gasteiger partial charge in [-0.3, -0.25) is 9.59 Å². The number of benzene rings is 2. The number of nitrogens with zero attached hydrogens (tertiary/aromatic N) is 4. The van der Waals surface area contributed by atoms with Gasteiger partial charge in [0.05, 0.1) is 6.04 Å². The quantitative estimate of drug-likeness (QED) is 0.438. The van der Waals surface area contributed by atoms with E-state index >= 15 is 0 Å². The van der Waals surface area contributed by atoms with Crippen molar-refractivity contribution in [1.82, 2.24) is 10.2 Å². The predicted octanol–water partition coefficient (Wildman–Crippen LogP) is 5.13. The number of aliphatic carboxylic acids is 1. The minimum Gasteiger partial charge on any atom is -0.481 e. The lowest BCUT2D eigenvalue weighted by Crippen LogP contribution is -2.52. The van der Waals surface area contributed by atoms with Crippen LogP contribution in [-0.4, -0.2) is 45.6 Å². The molecule has 2 heterocycles. The molecule has 2 saturated carbocycles. The number of aromatic nitrogens is 2. The van der Waals surface area contributed by atoms with Crippen molar-refractivity contribution in [1.29, 1.82) is 0 Å². The lowest BCUT2D eigenvalue weighted by Gasteiger charge is -2.47. The molecular formula is C27H25F3N4O5. The monoisotopic (exact) mass is 542 g/mol. The molecule has 0 unspecified atom stereocenters. The number of alkyl halides is 3. The van der Waals surface area contributed by atoms with E-state index in [9.17, 15) is 22.8 Å². The minimum absolute atomic E-state index is 0.0324. The molecule has 1 N–H and O–H groups in total. The standard InChI is InChI=1S/C27H25F3N4O5/c28-27(29,30)39-17-12-8-15(9-13-17)25(37)34-20-6-2-1-4-18(20)24(19-5-3-7-21(19)34)33(16-10-11-16)26-32-31-22(38-26)14-23(35)36/h1-2,4,6,8-9,12-13,16,19,21,24H,3,5,7,10-11,14H2,(H,35,36)/t19-,21+,24-/m0/s1. The number of carboxylic acid groups (broad SMARTS) is 1. The minimum atomic E-state index is -4.82. The third-order valence-corrected chi connectivity index (χ3v) is 7.56. The molecule has 39 heavy (non-hydrogen) atoms. The van der Waals surface area contributed by atoms with Crippen LogP contribution in [0.4, 0.5) is 24.9 Å². The van der Waals surface area contributed by atoms with E-state index in [-0.39, 0.29) is 59.6 Å². The summed E-state index contributed by atoms with van der Waals surface area (Å²) in [6.07, 6.45) is -0.802. The highest BCUT2D eigenvalue weighted by atomic mass is 19.4. The molecular weight excluding hydrogens is 517 g/mol. The Hall–Kier alpha value is -4.09. The first-order valence-electron chi connectivity index (χ1n) is 12.8. The maximum Gasteiger partial charge on any atom is 0.573 e. The fourth-order valence-corrected chi connectivity index (χ4v) is 5.98. The van der Waals surface area contributed by atoms with Crippen molar-refractivity contribution in [3.05, 3.63) is 65.5 Å². The van der Waals surface area contributed by atoms with Gasteiger partial charge < -0.3 is 24.1 Å². The van der Waals surface area contributed by atoms with Gasteiger partial charge in [0, 0.05) is 29.3 Å². The normalized spacial score (nSPS) is 22.2. The Bertz CT molecular complexity index is 1390. The van der Waals surface area contributed by atoms with Crippen LogP contribution in [0.2, 0.25) is 0 Å². The first-order valence-corrected chi connectivity index (χ1v) is 12.8. The number of halogens is 3. The molecule has 3 aromatic rings. The number of carbonyl (C=O) groups excluding carboxylic acids is 1. The molecule has 1 amide bonds. The number of hydrogen-bond donors (Lipinski definition) is 1. The van der Waals surface area contributed by atoms with E-state index in [1.807, 2.05) is 24.3 Å². The first kappa shape index (κ1) is 25.2. The lowest BCUT2D eigenvalue weighted by atomic mass is 9.81. The lowest BCUT2D eigenvalue weighted by molar-refractivity contribution is -0.274. The summed E-state index contributed by atoms with van der Waals surface area (Å²) < 4.78 is 47.6. The number of hydrogen-bond acceptors (Lipinski definition) is 7. The molecule has 0 spiro atoms. The second-order valence-electron chi connectivity index (χ2n) is 10.1. The molecule has 3 atom stereocenters. The number of carbonyl (C=O) groups is 2. The van der Waals surface area contributed by atoms with Crippen LogP contribution in [0.15, 0.2) is 52.9 Å². The third kappa shape index (κ3) is 4.90. The maximum atomic E-state index is 13.9. The van der Waals surface area contributed by atoms with Gasteiger partial charge in [-0.05, 0) is 61.6 Å². The zero-order valence-electron chi connectivity index (χ0n) is 20.7. The Morgan fingerprint density at radius 1 is 1.05 bits per heavy atom. The Balaban J connectivity index is 1.37. The van der Waals surface area contributed by atoms with Crippen molar-refractivity contribution in [2.75, 3.05) is 9.80 Å². The second kappa shape index (κ2) is 9.58. The molecule has 204 valence electrons. The van der Waals surface area contributed by atoms with Crippen molar-refractivity contribution in [3.63, 3.8) is 0 Å². The Labute approximate surface area is 221 Å². The van der Waals surface area contributed by atoms with Gasteiger partial charge in [-0.1, -0.05) is 29.7 Å². The summed E-state index contributed by atoms with van der Waals surface area (Å²) in [4.78, 5) is 28.9. The fourth-order valence-electron chi connectivity index (χ4n) is 5.98. The average Bonchev–Trinajstić information content (AvgIpc) is 3.42. The van der Waals surface area contributed by atoms with Crippen LogP contribution in [0.1, 0.15) is 60.0 Å². The molecule has 0 bridgehead atoms. The molecule has 1 aromatic heterocycles. The summed E-state index contributed by atoms with van der Waals surface area (Å²) in [7, 11) is 0. The van der Waals surface area contributed by atoms with Crippen LogP contribution in [0, 0.1) is 5.92 Å². The van der Waals surface area contributed by atoms with Crippen LogP contribution in [0.5, 0.6) is 5.75 Å². The van der Waals surface area contributed by atoms with Gasteiger partial charge in [-0.2, -0.15) is 0 Å². The van der Waals surface area contributed by atoms with Crippen molar-refractivity contribution in [3.8, 4) is 5.75 Å². The molecule has 1 aliphatic heterocycles. The molecule has 2 aliphatic carbocycles. The largest absolute Gasteiger partial charge is 0.573 e. The van der Waals surface area contributed by atoms with E-state index in [1.165, 1.54) is 12.1 Å². The maximum absolute atomic E-state index is 13.9. The van der Waals surface area contributed by atoms with Gasteiger partial charge in [0.25, 0.3) is 5.91 Å². The molecule has 12 heteroatoms. The number of para-hydroxylation sites is 1. The van der Waals surface area contributed by atoms with Crippen LogP contribution >= 0.6 is 0 Å². The number of amides is 1. The summed E-state index contributed by atoms with van der Waals surface area (Å²) in [6, 6.07) is 12.7. The van der Waals surface area contributed by atoms with Gasteiger partial charge >= 0.3 is 18.3 Å². The number of carboxylic acids is 1. The summed E-state index contributed by atoms with van der Waals surface area (Å²) in [5.41, 5.74) is 1.90. The Morgan fingerprint density at radius 3 is 2.49 bits per heavy atom. The van der Waals surface area contributed by atoms with Gasteiger partial charge in [0.15, 0.2) is 0 Å². The Kier molecular flexibility index (Phi) is 6.19. The summed E-state index contributed by atoms with van der Waals surface area (Å²) in [6.45, 7) is 0. The number of rotatable bonds is 7. The second-order valence-corrected chi connectivity index (χ2v) is 10.1. The van der Waals surface area contributed by atoms with Gasteiger partial charge in [0.1, 0.15) is 12.2 Å². The highest BCUT2D eigenvalue weighted by Crippen LogP contribution is 2.53.